The molecule has 0 saturated heterocycles. The monoisotopic (exact) mass is 156 g/mol. The maximum absolute atomic E-state index is 10.8. The summed E-state index contributed by atoms with van der Waals surface area (Å²) in [6, 6.07) is 0. The molecule has 0 fully saturated rings. The molecule has 0 spiro atoms. The summed E-state index contributed by atoms with van der Waals surface area (Å²) in [5.41, 5.74) is 0. The van der Waals surface area contributed by atoms with Gasteiger partial charge >= 0.3 is 0 Å². The number of ketones is 1. The van der Waals surface area contributed by atoms with Crippen molar-refractivity contribution in [3.05, 3.63) is 23.6 Å². The molecule has 0 aromatic heterocycles. The van der Waals surface area contributed by atoms with E-state index in [1.165, 1.54) is 0 Å². The highest BCUT2D eigenvalue weighted by Crippen LogP contribution is 2.15. The van der Waals surface area contributed by atoms with Crippen LogP contribution in [0.1, 0.15) is 13.8 Å². The largest absolute Gasteiger partial charge is 0.294 e. The van der Waals surface area contributed by atoms with Gasteiger partial charge in [0.25, 0.3) is 0 Å². The van der Waals surface area contributed by atoms with Crippen molar-refractivity contribution in [2.45, 2.75) is 13.8 Å². The summed E-state index contributed by atoms with van der Waals surface area (Å²) < 4.78 is 0. The third-order valence-corrected chi connectivity index (χ3v) is 1.94. The Morgan fingerprint density at radius 1 is 1.70 bits per heavy atom. The predicted octanol–water partition coefficient (Wildman–Crippen LogP) is 2.40. The molecule has 0 aromatic rings. The third kappa shape index (κ3) is 3.51. The standard InChI is InChI=1S/C8H12OS/c1-4-6-8(7(3)9)10-5-2/h4,6H,1,5H2,2-3H3/b8-6-. The molecule has 2 heteroatoms. The highest BCUT2D eigenvalue weighted by atomic mass is 32.2. The molecule has 1 nitrogen and oxygen atoms in total. The summed E-state index contributed by atoms with van der Waals surface area (Å²) >= 11 is 1.55. The molecule has 0 amide bonds. The number of Topliss-reactive ketones (excluding diaryl/α,β-unsaturated/α-hetero) is 1. The first kappa shape index (κ1) is 9.50. The Morgan fingerprint density at radius 2 is 2.30 bits per heavy atom. The zero-order chi connectivity index (χ0) is 7.98. The van der Waals surface area contributed by atoms with E-state index in [0.717, 1.165) is 10.7 Å². The fourth-order valence-electron chi connectivity index (χ4n) is 0.530. The summed E-state index contributed by atoms with van der Waals surface area (Å²) in [6.07, 6.45) is 3.38. The maximum atomic E-state index is 10.8. The van der Waals surface area contributed by atoms with Gasteiger partial charge in [-0.2, -0.15) is 0 Å². The number of rotatable bonds is 4. The van der Waals surface area contributed by atoms with Gasteiger partial charge in [0.2, 0.25) is 0 Å². The molecule has 0 aliphatic heterocycles. The van der Waals surface area contributed by atoms with Gasteiger partial charge in [0, 0.05) is 0 Å². The lowest BCUT2D eigenvalue weighted by Gasteiger charge is -1.96. The molecule has 0 bridgehead atoms. The molecular weight excluding hydrogens is 144 g/mol. The quantitative estimate of drug-likeness (QED) is 0.459. The first-order valence-corrected chi connectivity index (χ1v) is 4.17. The molecular formula is C8H12OS. The van der Waals surface area contributed by atoms with Crippen LogP contribution in [0.4, 0.5) is 0 Å². The smallest absolute Gasteiger partial charge is 0.166 e. The zero-order valence-corrected chi connectivity index (χ0v) is 7.20. The van der Waals surface area contributed by atoms with Crippen LogP contribution in [0.15, 0.2) is 23.6 Å². The summed E-state index contributed by atoms with van der Waals surface area (Å²) in [6.45, 7) is 7.11. The van der Waals surface area contributed by atoms with Gasteiger partial charge in [-0.25, -0.2) is 0 Å². The van der Waals surface area contributed by atoms with E-state index < -0.39 is 0 Å². The number of hydrogen-bond acceptors (Lipinski definition) is 2. The SMILES string of the molecule is C=C/C=C(\SCC)C(C)=O. The highest BCUT2D eigenvalue weighted by molar-refractivity contribution is 8.03. The fourth-order valence-corrected chi connectivity index (χ4v) is 1.24. The van der Waals surface area contributed by atoms with Crippen molar-refractivity contribution in [3.63, 3.8) is 0 Å². The van der Waals surface area contributed by atoms with Crippen LogP contribution in [0, 0.1) is 0 Å². The van der Waals surface area contributed by atoms with Gasteiger partial charge in [0.05, 0.1) is 4.91 Å². The lowest BCUT2D eigenvalue weighted by atomic mass is 10.4. The highest BCUT2D eigenvalue weighted by Gasteiger charge is 1.99. The molecule has 0 aliphatic carbocycles. The van der Waals surface area contributed by atoms with Gasteiger partial charge in [-0.15, -0.1) is 11.8 Å². The second-order valence-corrected chi connectivity index (χ2v) is 3.06. The molecule has 0 saturated carbocycles. The normalized spacial score (nSPS) is 11.2. The summed E-state index contributed by atoms with van der Waals surface area (Å²) in [5.74, 6) is 1.05. The average Bonchev–Trinajstić information content (AvgIpc) is 1.87. The summed E-state index contributed by atoms with van der Waals surface area (Å²) in [4.78, 5) is 11.6. The second-order valence-electron chi connectivity index (χ2n) is 1.76. The maximum Gasteiger partial charge on any atom is 0.166 e. The van der Waals surface area contributed by atoms with Crippen molar-refractivity contribution >= 4 is 17.5 Å². The van der Waals surface area contributed by atoms with E-state index in [1.54, 1.807) is 30.8 Å². The molecule has 0 N–H and O–H groups in total. The van der Waals surface area contributed by atoms with Crippen LogP contribution in [-0.2, 0) is 4.79 Å². The first-order valence-electron chi connectivity index (χ1n) is 3.18. The van der Waals surface area contributed by atoms with Crippen LogP contribution in [-0.4, -0.2) is 11.5 Å². The minimum atomic E-state index is 0.117. The molecule has 0 aliphatic rings. The molecule has 0 heterocycles. The molecule has 0 rings (SSSR count). The Morgan fingerprint density at radius 3 is 2.60 bits per heavy atom. The number of hydrogen-bond donors (Lipinski definition) is 0. The van der Waals surface area contributed by atoms with Crippen molar-refractivity contribution in [1.29, 1.82) is 0 Å². The van der Waals surface area contributed by atoms with E-state index in [2.05, 4.69) is 6.58 Å². The van der Waals surface area contributed by atoms with Crippen molar-refractivity contribution in [2.24, 2.45) is 0 Å². The molecule has 0 atom stereocenters. The zero-order valence-electron chi connectivity index (χ0n) is 6.39. The number of thioether (sulfide) groups is 1. The minimum absolute atomic E-state index is 0.117. The van der Waals surface area contributed by atoms with E-state index in [1.807, 2.05) is 6.92 Å². The van der Waals surface area contributed by atoms with E-state index in [9.17, 15) is 4.79 Å². The van der Waals surface area contributed by atoms with Crippen molar-refractivity contribution in [3.8, 4) is 0 Å². The van der Waals surface area contributed by atoms with E-state index in [-0.39, 0.29) is 5.78 Å². The van der Waals surface area contributed by atoms with Crippen LogP contribution in [0.5, 0.6) is 0 Å². The Balaban J connectivity index is 4.11. The molecule has 10 heavy (non-hydrogen) atoms. The number of carbonyl (C=O) groups is 1. The third-order valence-electron chi connectivity index (χ3n) is 0.916. The van der Waals surface area contributed by atoms with Gasteiger partial charge in [0.15, 0.2) is 5.78 Å². The van der Waals surface area contributed by atoms with Gasteiger partial charge in [-0.3, -0.25) is 4.79 Å². The van der Waals surface area contributed by atoms with Crippen molar-refractivity contribution in [1.82, 2.24) is 0 Å². The Hall–Kier alpha value is -0.500. The topological polar surface area (TPSA) is 17.1 Å². The van der Waals surface area contributed by atoms with Gasteiger partial charge in [0.1, 0.15) is 0 Å². The van der Waals surface area contributed by atoms with Crippen molar-refractivity contribution in [2.75, 3.05) is 5.75 Å². The van der Waals surface area contributed by atoms with Crippen LogP contribution in [0.25, 0.3) is 0 Å². The van der Waals surface area contributed by atoms with E-state index in [4.69, 9.17) is 0 Å². The fraction of sp³-hybridized carbons (Fsp3) is 0.375. The summed E-state index contributed by atoms with van der Waals surface area (Å²) in [5, 5.41) is 0. The molecule has 0 radical (unpaired) electrons. The molecule has 0 aromatic carbocycles. The van der Waals surface area contributed by atoms with Crippen LogP contribution >= 0.6 is 11.8 Å². The lowest BCUT2D eigenvalue weighted by Crippen LogP contribution is -1.91. The van der Waals surface area contributed by atoms with Crippen molar-refractivity contribution < 1.29 is 4.79 Å². The van der Waals surface area contributed by atoms with Crippen LogP contribution in [0.2, 0.25) is 0 Å². The Bertz CT molecular complexity index is 159. The lowest BCUT2D eigenvalue weighted by molar-refractivity contribution is -0.112. The molecule has 0 unspecified atom stereocenters. The minimum Gasteiger partial charge on any atom is -0.294 e. The van der Waals surface area contributed by atoms with Crippen LogP contribution in [0.3, 0.4) is 0 Å². The number of allylic oxidation sites excluding steroid dienone is 3. The predicted molar refractivity (Wildman–Crippen MR) is 47.1 cm³/mol. The van der Waals surface area contributed by atoms with E-state index in [0.29, 0.717) is 0 Å². The Kier molecular flexibility index (Phi) is 5.03. The van der Waals surface area contributed by atoms with E-state index >= 15 is 0 Å². The first-order chi connectivity index (χ1) is 4.72. The average molecular weight is 156 g/mol. The second kappa shape index (κ2) is 5.30. The summed E-state index contributed by atoms with van der Waals surface area (Å²) in [7, 11) is 0. The van der Waals surface area contributed by atoms with Gasteiger partial charge in [-0.1, -0.05) is 19.6 Å². The van der Waals surface area contributed by atoms with Gasteiger partial charge < -0.3 is 0 Å². The number of carbonyl (C=O) groups excluding carboxylic acids is 1. The molecule has 56 valence electrons. The van der Waals surface area contributed by atoms with Gasteiger partial charge in [-0.05, 0) is 18.8 Å². The Labute approximate surface area is 66.2 Å². The van der Waals surface area contributed by atoms with Crippen LogP contribution < -0.4 is 0 Å².